The van der Waals surface area contributed by atoms with Gasteiger partial charge in [0, 0.05) is 48.5 Å². The van der Waals surface area contributed by atoms with Crippen LogP contribution in [0.15, 0.2) is 0 Å². The van der Waals surface area contributed by atoms with Crippen molar-refractivity contribution in [3.63, 3.8) is 0 Å². The van der Waals surface area contributed by atoms with E-state index in [1.165, 1.54) is 0 Å². The summed E-state index contributed by atoms with van der Waals surface area (Å²) < 4.78 is 3.94. The Morgan fingerprint density at radius 1 is 1.80 bits per heavy atom. The summed E-state index contributed by atoms with van der Waals surface area (Å²) in [6, 6.07) is 0. The van der Waals surface area contributed by atoms with Crippen molar-refractivity contribution in [2.45, 2.75) is 0 Å². The number of nitrogens with one attached hydrogen (secondary N) is 2. The predicted molar refractivity (Wildman–Crippen MR) is 35.0 cm³/mol. The van der Waals surface area contributed by atoms with Crippen LogP contribution < -0.4 is 11.1 Å². The Morgan fingerprint density at radius 3 is 2.60 bits per heavy atom. The Bertz CT molecular complexity index is 131. The number of guanidine groups is 1. The molecule has 0 amide bonds. The third-order valence-corrected chi connectivity index (χ3v) is 0.729. The number of nitrogens with two attached hydrogens (primary N) is 1. The SMILES string of the molecule is N=C(N)NCC(=O)OS.[La]. The summed E-state index contributed by atoms with van der Waals surface area (Å²) in [5.41, 5.74) is 4.83. The first-order chi connectivity index (χ1) is 4.16. The minimum atomic E-state index is -0.575. The standard InChI is InChI=1S/C3H7N3O2S.La/c4-3(5)6-1-2(7)8-9;/h9H,1H2,(H4,4,5,6);. The number of carbonyl (C=O) groups is 1. The monoisotopic (exact) mass is 288 g/mol. The van der Waals surface area contributed by atoms with Crippen molar-refractivity contribution in [2.75, 3.05) is 6.54 Å². The molecule has 5 nitrogen and oxygen atoms in total. The fourth-order valence-electron chi connectivity index (χ4n) is 0.200. The van der Waals surface area contributed by atoms with E-state index in [0.717, 1.165) is 0 Å². The zero-order chi connectivity index (χ0) is 7.28. The molecule has 0 spiro atoms. The number of hydrogen-bond donors (Lipinski definition) is 4. The van der Waals surface area contributed by atoms with Gasteiger partial charge in [-0.25, -0.2) is 4.79 Å². The van der Waals surface area contributed by atoms with Crippen molar-refractivity contribution in [1.29, 1.82) is 5.41 Å². The summed E-state index contributed by atoms with van der Waals surface area (Å²) in [5.74, 6) is -0.845. The number of thiol groups is 1. The largest absolute Gasteiger partial charge is 0.393 e. The van der Waals surface area contributed by atoms with E-state index >= 15 is 0 Å². The zero-order valence-electron chi connectivity index (χ0n) is 5.13. The van der Waals surface area contributed by atoms with E-state index in [1.807, 2.05) is 0 Å². The van der Waals surface area contributed by atoms with Gasteiger partial charge in [0.05, 0.1) is 0 Å². The molecule has 7 heteroatoms. The third kappa shape index (κ3) is 8.28. The Morgan fingerprint density at radius 2 is 2.30 bits per heavy atom. The van der Waals surface area contributed by atoms with Crippen LogP contribution >= 0.6 is 12.9 Å². The summed E-state index contributed by atoms with van der Waals surface area (Å²) in [5, 5.41) is 8.83. The maximum absolute atomic E-state index is 10.2. The molecule has 0 aliphatic carbocycles. The van der Waals surface area contributed by atoms with E-state index in [4.69, 9.17) is 11.1 Å². The third-order valence-electron chi connectivity index (χ3n) is 0.525. The van der Waals surface area contributed by atoms with Crippen LogP contribution in [0, 0.1) is 41.0 Å². The summed E-state index contributed by atoms with van der Waals surface area (Å²) in [6.07, 6.45) is 0. The molecule has 0 aromatic heterocycles. The summed E-state index contributed by atoms with van der Waals surface area (Å²) >= 11 is 3.22. The molecule has 0 aliphatic heterocycles. The van der Waals surface area contributed by atoms with Gasteiger partial charge < -0.3 is 15.2 Å². The normalized spacial score (nSPS) is 7.30. The van der Waals surface area contributed by atoms with Crippen molar-refractivity contribution in [3.05, 3.63) is 0 Å². The maximum atomic E-state index is 10.2. The molecule has 0 aromatic carbocycles. The van der Waals surface area contributed by atoms with Crippen molar-refractivity contribution in [1.82, 2.24) is 5.32 Å². The second-order valence-corrected chi connectivity index (χ2v) is 1.41. The molecule has 0 fully saturated rings. The van der Waals surface area contributed by atoms with Gasteiger partial charge in [-0.05, 0) is 0 Å². The minimum absolute atomic E-state index is 0. The van der Waals surface area contributed by atoms with Crippen LogP contribution in [0.5, 0.6) is 0 Å². The molecular weight excluding hydrogens is 281 g/mol. The molecular formula is C3H7LaN3O2S. The molecule has 0 aromatic rings. The number of rotatable bonds is 2. The molecule has 0 atom stereocenters. The van der Waals surface area contributed by atoms with Crippen molar-refractivity contribution >= 4 is 24.8 Å². The van der Waals surface area contributed by atoms with Crippen LogP contribution in [0.25, 0.3) is 0 Å². The van der Waals surface area contributed by atoms with Crippen molar-refractivity contribution < 1.29 is 44.6 Å². The second-order valence-electron chi connectivity index (χ2n) is 1.23. The summed E-state index contributed by atoms with van der Waals surface area (Å²) in [7, 11) is 0. The molecule has 4 N–H and O–H groups in total. The average molecular weight is 288 g/mol. The van der Waals surface area contributed by atoms with Crippen LogP contribution in [0.2, 0.25) is 0 Å². The average Bonchev–Trinajstić information content (AvgIpc) is 1.83. The topological polar surface area (TPSA) is 88.2 Å². The van der Waals surface area contributed by atoms with E-state index in [9.17, 15) is 4.79 Å². The Labute approximate surface area is 91.8 Å². The Balaban J connectivity index is 0. The van der Waals surface area contributed by atoms with E-state index in [0.29, 0.717) is 0 Å². The van der Waals surface area contributed by atoms with Crippen molar-refractivity contribution in [2.24, 2.45) is 5.73 Å². The van der Waals surface area contributed by atoms with Gasteiger partial charge >= 0.3 is 5.97 Å². The fraction of sp³-hybridized carbons (Fsp3) is 0.333. The Kier molecular flexibility index (Phi) is 9.55. The van der Waals surface area contributed by atoms with Gasteiger partial charge in [0.1, 0.15) is 6.54 Å². The molecule has 0 rings (SSSR count). The smallest absolute Gasteiger partial charge is 0.337 e. The van der Waals surface area contributed by atoms with Crippen molar-refractivity contribution in [3.8, 4) is 0 Å². The summed E-state index contributed by atoms with van der Waals surface area (Å²) in [6.45, 7) is -0.126. The van der Waals surface area contributed by atoms with Gasteiger partial charge in [0.25, 0.3) is 0 Å². The summed E-state index contributed by atoms with van der Waals surface area (Å²) in [4.78, 5) is 10.2. The molecule has 0 saturated carbocycles. The first-order valence-corrected chi connectivity index (χ1v) is 2.45. The first kappa shape index (κ1) is 12.9. The molecule has 0 saturated heterocycles. The molecule has 55 valence electrons. The minimum Gasteiger partial charge on any atom is -0.393 e. The van der Waals surface area contributed by atoms with Crippen LogP contribution in [0.3, 0.4) is 0 Å². The van der Waals surface area contributed by atoms with Gasteiger partial charge in [-0.3, -0.25) is 5.41 Å². The van der Waals surface area contributed by atoms with Crippen LogP contribution in [0.1, 0.15) is 0 Å². The quantitative estimate of drug-likeness (QED) is 0.224. The van der Waals surface area contributed by atoms with E-state index < -0.39 is 5.97 Å². The van der Waals surface area contributed by atoms with Gasteiger partial charge in [-0.15, -0.1) is 0 Å². The van der Waals surface area contributed by atoms with Gasteiger partial charge in [-0.1, -0.05) is 0 Å². The van der Waals surface area contributed by atoms with E-state index in [1.54, 1.807) is 0 Å². The molecule has 0 aliphatic rings. The van der Waals surface area contributed by atoms with Gasteiger partial charge in [-0.2, -0.15) is 0 Å². The van der Waals surface area contributed by atoms with Crippen LogP contribution in [0.4, 0.5) is 0 Å². The first-order valence-electron chi connectivity index (χ1n) is 2.09. The second kappa shape index (κ2) is 7.39. The van der Waals surface area contributed by atoms with Gasteiger partial charge in [0.15, 0.2) is 5.96 Å². The van der Waals surface area contributed by atoms with E-state index in [-0.39, 0.29) is 48.1 Å². The maximum Gasteiger partial charge on any atom is 0.337 e. The van der Waals surface area contributed by atoms with Crippen LogP contribution in [-0.2, 0) is 8.98 Å². The van der Waals surface area contributed by atoms with E-state index in [2.05, 4.69) is 22.4 Å². The van der Waals surface area contributed by atoms with Gasteiger partial charge in [0.2, 0.25) is 0 Å². The molecule has 0 heterocycles. The molecule has 0 bridgehead atoms. The number of hydrogen-bond acceptors (Lipinski definition) is 4. The fourth-order valence-corrected chi connectivity index (χ4v) is 0.264. The Hall–Kier alpha value is 0.285. The zero-order valence-corrected chi connectivity index (χ0v) is 9.65. The molecule has 0 unspecified atom stereocenters. The van der Waals surface area contributed by atoms with Crippen LogP contribution in [-0.4, -0.2) is 18.5 Å². The predicted octanol–water partition coefficient (Wildman–Crippen LogP) is -1.14. The number of carbonyl (C=O) groups excluding carboxylic acids is 1. The molecule has 10 heavy (non-hydrogen) atoms. The molecule has 1 radical (unpaired) electrons.